The number of fused-ring (bicyclic) bond motifs is 1. The highest BCUT2D eigenvalue weighted by molar-refractivity contribution is 7.99. The summed E-state index contributed by atoms with van der Waals surface area (Å²) in [5, 5.41) is 2.09. The van der Waals surface area contributed by atoms with Crippen molar-refractivity contribution in [2.45, 2.75) is 45.1 Å². The number of Topliss-reactive ketones (excluding diaryl/α,β-unsaturated/α-hetero) is 1. The molecule has 0 atom stereocenters. The molecule has 0 N–H and O–H groups in total. The molecule has 0 amide bonds. The van der Waals surface area contributed by atoms with Crippen molar-refractivity contribution in [3.63, 3.8) is 0 Å². The largest absolute Gasteiger partial charge is 0.293 e. The first kappa shape index (κ1) is 18.7. The maximum Gasteiger partial charge on any atom is 0.173 e. The third-order valence-electron chi connectivity index (χ3n) is 4.65. The van der Waals surface area contributed by atoms with Gasteiger partial charge in [0.2, 0.25) is 0 Å². The topological polar surface area (TPSA) is 30.0 Å². The van der Waals surface area contributed by atoms with E-state index in [1.807, 2.05) is 12.1 Å². The molecule has 3 aromatic rings. The van der Waals surface area contributed by atoms with Crippen LogP contribution in [0.25, 0.3) is 10.9 Å². The minimum atomic E-state index is 0.0979. The van der Waals surface area contributed by atoms with Gasteiger partial charge in [-0.25, -0.2) is 4.98 Å². The summed E-state index contributed by atoms with van der Waals surface area (Å²) in [6.07, 6.45) is 0. The van der Waals surface area contributed by atoms with Crippen molar-refractivity contribution in [3.8, 4) is 0 Å². The molecule has 26 heavy (non-hydrogen) atoms. The third kappa shape index (κ3) is 3.99. The number of benzene rings is 2. The Bertz CT molecular complexity index is 952. The van der Waals surface area contributed by atoms with Crippen LogP contribution in [0.1, 0.15) is 47.8 Å². The first-order valence-electron chi connectivity index (χ1n) is 8.89. The van der Waals surface area contributed by atoms with E-state index in [1.54, 1.807) is 0 Å². The Balaban J connectivity index is 1.75. The molecule has 3 heteroatoms. The van der Waals surface area contributed by atoms with Gasteiger partial charge >= 0.3 is 0 Å². The Morgan fingerprint density at radius 2 is 1.69 bits per heavy atom. The molecule has 1 aromatic heterocycles. The smallest absolute Gasteiger partial charge is 0.173 e. The van der Waals surface area contributed by atoms with Crippen LogP contribution in [0.4, 0.5) is 0 Å². The summed E-state index contributed by atoms with van der Waals surface area (Å²) >= 11 is 1.51. The summed E-state index contributed by atoms with van der Waals surface area (Å²) < 4.78 is 0. The predicted octanol–water partition coefficient (Wildman–Crippen LogP) is 6.12. The summed E-state index contributed by atoms with van der Waals surface area (Å²) in [6, 6.07) is 16.3. The van der Waals surface area contributed by atoms with Gasteiger partial charge in [0.1, 0.15) is 0 Å². The first-order valence-corrected chi connectivity index (χ1v) is 9.88. The van der Waals surface area contributed by atoms with Crippen LogP contribution in [-0.4, -0.2) is 16.5 Å². The van der Waals surface area contributed by atoms with Crippen molar-refractivity contribution < 1.29 is 4.79 Å². The number of rotatable bonds is 4. The molecule has 0 radical (unpaired) electrons. The van der Waals surface area contributed by atoms with Crippen molar-refractivity contribution in [1.29, 1.82) is 0 Å². The van der Waals surface area contributed by atoms with Crippen LogP contribution in [0.2, 0.25) is 0 Å². The van der Waals surface area contributed by atoms with Gasteiger partial charge < -0.3 is 0 Å². The number of carbonyl (C=O) groups is 1. The van der Waals surface area contributed by atoms with Gasteiger partial charge in [-0.05, 0) is 42.0 Å². The Morgan fingerprint density at radius 3 is 2.35 bits per heavy atom. The zero-order valence-electron chi connectivity index (χ0n) is 16.1. The summed E-state index contributed by atoms with van der Waals surface area (Å²) in [7, 11) is 0. The highest BCUT2D eigenvalue weighted by atomic mass is 32.2. The summed E-state index contributed by atoms with van der Waals surface area (Å²) in [5.74, 6) is 0.540. The fraction of sp³-hybridized carbons (Fsp3) is 0.304. The lowest BCUT2D eigenvalue weighted by atomic mass is 9.86. The number of aromatic nitrogens is 1. The molecule has 0 aliphatic carbocycles. The number of pyridine rings is 1. The molecule has 3 rings (SSSR count). The van der Waals surface area contributed by atoms with Crippen molar-refractivity contribution >= 4 is 28.4 Å². The Morgan fingerprint density at radius 1 is 1.00 bits per heavy atom. The molecular weight excluding hydrogens is 338 g/mol. The van der Waals surface area contributed by atoms with Crippen molar-refractivity contribution in [3.05, 3.63) is 70.8 Å². The average Bonchev–Trinajstić information content (AvgIpc) is 2.60. The average molecular weight is 364 g/mol. The van der Waals surface area contributed by atoms with Crippen LogP contribution in [0.15, 0.2) is 53.6 Å². The predicted molar refractivity (Wildman–Crippen MR) is 111 cm³/mol. The van der Waals surface area contributed by atoms with Crippen LogP contribution in [0.5, 0.6) is 0 Å². The van der Waals surface area contributed by atoms with E-state index < -0.39 is 0 Å². The number of hydrogen-bond acceptors (Lipinski definition) is 3. The fourth-order valence-electron chi connectivity index (χ4n) is 2.98. The Hall–Kier alpha value is -2.13. The molecule has 0 bridgehead atoms. The SMILES string of the molecule is Cc1cc(SCC(=O)c2ccc(C(C)(C)C)cc2)nc2c(C)cccc12. The molecule has 2 aromatic carbocycles. The van der Waals surface area contributed by atoms with Gasteiger partial charge in [-0.3, -0.25) is 4.79 Å². The number of para-hydroxylation sites is 1. The van der Waals surface area contributed by atoms with Gasteiger partial charge in [-0.1, -0.05) is 75.0 Å². The fourth-order valence-corrected chi connectivity index (χ4v) is 3.85. The summed E-state index contributed by atoms with van der Waals surface area (Å²) in [6.45, 7) is 10.7. The van der Waals surface area contributed by atoms with Crippen molar-refractivity contribution in [2.75, 3.05) is 5.75 Å². The number of aryl methyl sites for hydroxylation is 2. The molecule has 1 heterocycles. The van der Waals surface area contributed by atoms with E-state index in [9.17, 15) is 4.79 Å². The maximum atomic E-state index is 12.5. The van der Waals surface area contributed by atoms with E-state index in [0.717, 1.165) is 21.7 Å². The standard InChI is InChI=1S/C23H25NOS/c1-15-7-6-8-19-16(2)13-21(24-22(15)19)26-14-20(25)17-9-11-18(12-10-17)23(3,4)5/h6-13H,14H2,1-5H3. The Kier molecular flexibility index (Phi) is 5.19. The lowest BCUT2D eigenvalue weighted by Gasteiger charge is -2.18. The second-order valence-corrected chi connectivity index (χ2v) is 8.78. The van der Waals surface area contributed by atoms with E-state index in [0.29, 0.717) is 5.75 Å². The van der Waals surface area contributed by atoms with Crippen molar-refractivity contribution in [2.24, 2.45) is 0 Å². The van der Waals surface area contributed by atoms with E-state index in [1.165, 1.54) is 28.3 Å². The molecule has 0 unspecified atom stereocenters. The molecule has 0 aliphatic rings. The lowest BCUT2D eigenvalue weighted by Crippen LogP contribution is -2.11. The van der Waals surface area contributed by atoms with Crippen LogP contribution in [0.3, 0.4) is 0 Å². The molecule has 134 valence electrons. The van der Waals surface area contributed by atoms with E-state index >= 15 is 0 Å². The van der Waals surface area contributed by atoms with Gasteiger partial charge in [0.15, 0.2) is 5.78 Å². The van der Waals surface area contributed by atoms with Gasteiger partial charge in [0.05, 0.1) is 16.3 Å². The van der Waals surface area contributed by atoms with Crippen molar-refractivity contribution in [1.82, 2.24) is 4.98 Å². The molecule has 0 saturated heterocycles. The zero-order chi connectivity index (χ0) is 18.9. The van der Waals surface area contributed by atoms with Gasteiger partial charge in [-0.15, -0.1) is 0 Å². The number of thioether (sulfide) groups is 1. The van der Waals surface area contributed by atoms with E-state index in [-0.39, 0.29) is 11.2 Å². The highest BCUT2D eigenvalue weighted by Gasteiger charge is 2.15. The van der Waals surface area contributed by atoms with Gasteiger partial charge in [0.25, 0.3) is 0 Å². The molecule has 2 nitrogen and oxygen atoms in total. The summed E-state index contributed by atoms with van der Waals surface area (Å²) in [4.78, 5) is 17.3. The number of hydrogen-bond donors (Lipinski definition) is 0. The van der Waals surface area contributed by atoms with Crippen LogP contribution < -0.4 is 0 Å². The quantitative estimate of drug-likeness (QED) is 0.413. The van der Waals surface area contributed by atoms with E-state index in [4.69, 9.17) is 4.98 Å². The van der Waals surface area contributed by atoms with Gasteiger partial charge in [0, 0.05) is 10.9 Å². The van der Waals surface area contributed by atoms with E-state index in [2.05, 4.69) is 71.0 Å². The number of ketones is 1. The highest BCUT2D eigenvalue weighted by Crippen LogP contribution is 2.27. The second-order valence-electron chi connectivity index (χ2n) is 7.79. The molecule has 0 spiro atoms. The number of nitrogens with zero attached hydrogens (tertiary/aromatic N) is 1. The molecular formula is C23H25NOS. The maximum absolute atomic E-state index is 12.5. The van der Waals surface area contributed by atoms with Gasteiger partial charge in [-0.2, -0.15) is 0 Å². The first-order chi connectivity index (χ1) is 12.3. The minimum absolute atomic E-state index is 0.0979. The third-order valence-corrected chi connectivity index (χ3v) is 5.56. The monoisotopic (exact) mass is 363 g/mol. The molecule has 0 fully saturated rings. The second kappa shape index (κ2) is 7.24. The molecule has 0 saturated carbocycles. The van der Waals surface area contributed by atoms with Crippen LogP contribution in [-0.2, 0) is 5.41 Å². The minimum Gasteiger partial charge on any atom is -0.293 e. The zero-order valence-corrected chi connectivity index (χ0v) is 16.9. The molecule has 0 aliphatic heterocycles. The number of carbonyl (C=O) groups excluding carboxylic acids is 1. The summed E-state index contributed by atoms with van der Waals surface area (Å²) in [5.41, 5.74) is 5.49. The van der Waals surface area contributed by atoms with Crippen LogP contribution in [0, 0.1) is 13.8 Å². The van der Waals surface area contributed by atoms with Crippen LogP contribution >= 0.6 is 11.8 Å². The Labute approximate surface area is 160 Å². The normalized spacial score (nSPS) is 11.7. The lowest BCUT2D eigenvalue weighted by molar-refractivity contribution is 0.102.